The van der Waals surface area contributed by atoms with Crippen molar-refractivity contribution in [3.63, 3.8) is 0 Å². The van der Waals surface area contributed by atoms with Crippen LogP contribution in [0.1, 0.15) is 18.9 Å². The minimum absolute atomic E-state index is 0.175. The van der Waals surface area contributed by atoms with E-state index in [-0.39, 0.29) is 18.9 Å². The van der Waals surface area contributed by atoms with E-state index in [1.807, 2.05) is 0 Å². The molecule has 0 saturated heterocycles. The van der Waals surface area contributed by atoms with Gasteiger partial charge in [-0.1, -0.05) is 27.5 Å². The number of carbonyl (C=O) groups is 2. The number of amides is 1. The molecule has 0 aromatic heterocycles. The largest absolute Gasteiger partial charge is 0.479 e. The standard InChI is InChI=1S/C13H15BrClNO4/c1-13(20,12(18)19)7-16-11(17)5-2-8-6-9(15)3-4-10(8)14/h3-4,6,20H,2,5,7H2,1H3,(H,16,17)(H,18,19). The number of rotatable bonds is 6. The van der Waals surface area contributed by atoms with Crippen LogP contribution in [-0.4, -0.2) is 34.2 Å². The van der Waals surface area contributed by atoms with Crippen molar-refractivity contribution in [1.29, 1.82) is 0 Å². The smallest absolute Gasteiger partial charge is 0.337 e. The summed E-state index contributed by atoms with van der Waals surface area (Å²) in [5, 5.41) is 21.1. The van der Waals surface area contributed by atoms with E-state index in [2.05, 4.69) is 21.2 Å². The van der Waals surface area contributed by atoms with Gasteiger partial charge in [0, 0.05) is 15.9 Å². The maximum atomic E-state index is 11.6. The fourth-order valence-electron chi connectivity index (χ4n) is 1.42. The molecule has 1 rings (SSSR count). The Bertz CT molecular complexity index is 519. The second-order valence-corrected chi connectivity index (χ2v) is 5.88. The van der Waals surface area contributed by atoms with Crippen molar-refractivity contribution in [2.24, 2.45) is 0 Å². The zero-order valence-electron chi connectivity index (χ0n) is 10.8. The number of carboxylic acid groups (broad SMARTS) is 1. The number of hydrogen-bond acceptors (Lipinski definition) is 3. The second-order valence-electron chi connectivity index (χ2n) is 4.59. The predicted octanol–water partition coefficient (Wildman–Crippen LogP) is 1.99. The van der Waals surface area contributed by atoms with Crippen LogP contribution in [0.15, 0.2) is 22.7 Å². The molecule has 3 N–H and O–H groups in total. The molecule has 0 radical (unpaired) electrons. The SMILES string of the molecule is CC(O)(CNC(=O)CCc1cc(Cl)ccc1Br)C(=O)O. The molecule has 1 amide bonds. The van der Waals surface area contributed by atoms with E-state index in [4.69, 9.17) is 16.7 Å². The summed E-state index contributed by atoms with van der Waals surface area (Å²) >= 11 is 9.23. The number of aryl methyl sites for hydroxylation is 1. The third kappa shape index (κ3) is 5.11. The summed E-state index contributed by atoms with van der Waals surface area (Å²) in [4.78, 5) is 22.3. The Balaban J connectivity index is 2.48. The van der Waals surface area contributed by atoms with E-state index >= 15 is 0 Å². The van der Waals surface area contributed by atoms with Crippen LogP contribution in [0.4, 0.5) is 0 Å². The van der Waals surface area contributed by atoms with E-state index in [1.165, 1.54) is 0 Å². The molecule has 1 atom stereocenters. The highest BCUT2D eigenvalue weighted by atomic mass is 79.9. The molecule has 0 heterocycles. The van der Waals surface area contributed by atoms with E-state index in [0.29, 0.717) is 11.4 Å². The second kappa shape index (κ2) is 7.06. The number of hydrogen-bond donors (Lipinski definition) is 3. The Morgan fingerprint density at radius 1 is 1.45 bits per heavy atom. The van der Waals surface area contributed by atoms with Gasteiger partial charge in [-0.05, 0) is 37.1 Å². The lowest BCUT2D eigenvalue weighted by molar-refractivity contribution is -0.156. The van der Waals surface area contributed by atoms with Gasteiger partial charge in [-0.2, -0.15) is 0 Å². The van der Waals surface area contributed by atoms with Crippen molar-refractivity contribution >= 4 is 39.4 Å². The van der Waals surface area contributed by atoms with Crippen molar-refractivity contribution in [2.45, 2.75) is 25.4 Å². The molecule has 0 bridgehead atoms. The van der Waals surface area contributed by atoms with Gasteiger partial charge in [-0.25, -0.2) is 4.79 Å². The van der Waals surface area contributed by atoms with Crippen LogP contribution in [-0.2, 0) is 16.0 Å². The first-order valence-corrected chi connectivity index (χ1v) is 7.06. The monoisotopic (exact) mass is 363 g/mol. The number of halogens is 2. The summed E-state index contributed by atoms with van der Waals surface area (Å²) in [7, 11) is 0. The van der Waals surface area contributed by atoms with Crippen LogP contribution >= 0.6 is 27.5 Å². The van der Waals surface area contributed by atoms with Gasteiger partial charge in [0.15, 0.2) is 5.60 Å². The van der Waals surface area contributed by atoms with Crippen LogP contribution in [0.3, 0.4) is 0 Å². The number of carbonyl (C=O) groups excluding carboxylic acids is 1. The van der Waals surface area contributed by atoms with Crippen molar-refractivity contribution in [2.75, 3.05) is 6.54 Å². The van der Waals surface area contributed by atoms with Gasteiger partial charge >= 0.3 is 5.97 Å². The molecule has 1 unspecified atom stereocenters. The molecular weight excluding hydrogens is 350 g/mol. The lowest BCUT2D eigenvalue weighted by Gasteiger charge is -2.18. The molecule has 20 heavy (non-hydrogen) atoms. The summed E-state index contributed by atoms with van der Waals surface area (Å²) in [5.74, 6) is -1.71. The molecule has 1 aromatic rings. The fraction of sp³-hybridized carbons (Fsp3) is 0.385. The van der Waals surface area contributed by atoms with Crippen LogP contribution in [0.2, 0.25) is 5.02 Å². The molecule has 0 aliphatic rings. The highest BCUT2D eigenvalue weighted by molar-refractivity contribution is 9.10. The highest BCUT2D eigenvalue weighted by Gasteiger charge is 2.30. The number of aliphatic carboxylic acids is 1. The molecule has 0 fully saturated rings. The average molecular weight is 365 g/mol. The molecule has 7 heteroatoms. The molecule has 0 spiro atoms. The van der Waals surface area contributed by atoms with Gasteiger partial charge in [0.2, 0.25) is 5.91 Å². The van der Waals surface area contributed by atoms with Gasteiger partial charge in [-0.3, -0.25) is 4.79 Å². The topological polar surface area (TPSA) is 86.6 Å². The maximum Gasteiger partial charge on any atom is 0.337 e. The predicted molar refractivity (Wildman–Crippen MR) is 78.7 cm³/mol. The first kappa shape index (κ1) is 16.9. The van der Waals surface area contributed by atoms with Gasteiger partial charge < -0.3 is 15.5 Å². The van der Waals surface area contributed by atoms with Gasteiger partial charge in [0.1, 0.15) is 0 Å². The summed E-state index contributed by atoms with van der Waals surface area (Å²) < 4.78 is 0.854. The van der Waals surface area contributed by atoms with E-state index in [9.17, 15) is 14.7 Å². The summed E-state index contributed by atoms with van der Waals surface area (Å²) in [6.07, 6.45) is 0.636. The van der Waals surface area contributed by atoms with Gasteiger partial charge in [0.25, 0.3) is 0 Å². The third-order valence-electron chi connectivity index (χ3n) is 2.72. The molecule has 5 nitrogen and oxygen atoms in total. The molecule has 1 aromatic carbocycles. The normalized spacial score (nSPS) is 13.6. The Kier molecular flexibility index (Phi) is 5.98. The van der Waals surface area contributed by atoms with Gasteiger partial charge in [0.05, 0.1) is 6.54 Å². The Hall–Kier alpha value is -1.11. The fourth-order valence-corrected chi connectivity index (χ4v) is 2.06. The third-order valence-corrected chi connectivity index (χ3v) is 3.73. The number of nitrogens with one attached hydrogen (secondary N) is 1. The van der Waals surface area contributed by atoms with Crippen molar-refractivity contribution in [3.8, 4) is 0 Å². The number of aliphatic hydroxyl groups is 1. The molecule has 0 saturated carbocycles. The van der Waals surface area contributed by atoms with E-state index in [0.717, 1.165) is 17.0 Å². The summed E-state index contributed by atoms with van der Waals surface area (Å²) in [6.45, 7) is 0.793. The minimum Gasteiger partial charge on any atom is -0.479 e. The first-order valence-electron chi connectivity index (χ1n) is 5.89. The zero-order valence-corrected chi connectivity index (χ0v) is 13.2. The number of benzene rings is 1. The molecule has 0 aliphatic heterocycles. The van der Waals surface area contributed by atoms with Crippen LogP contribution in [0.25, 0.3) is 0 Å². The number of carboxylic acids is 1. The summed E-state index contributed by atoms with van der Waals surface area (Å²) in [5.41, 5.74) is -1.08. The molecule has 110 valence electrons. The van der Waals surface area contributed by atoms with Crippen molar-refractivity contribution in [3.05, 3.63) is 33.3 Å². The lowest BCUT2D eigenvalue weighted by atomic mass is 10.1. The molecule has 0 aliphatic carbocycles. The zero-order chi connectivity index (χ0) is 15.3. The van der Waals surface area contributed by atoms with Crippen molar-refractivity contribution < 1.29 is 19.8 Å². The van der Waals surface area contributed by atoms with Crippen molar-refractivity contribution in [1.82, 2.24) is 5.32 Å². The van der Waals surface area contributed by atoms with E-state index < -0.39 is 11.6 Å². The molecular formula is C13H15BrClNO4. The highest BCUT2D eigenvalue weighted by Crippen LogP contribution is 2.22. The lowest BCUT2D eigenvalue weighted by Crippen LogP contribution is -2.46. The Morgan fingerprint density at radius 3 is 2.70 bits per heavy atom. The quantitative estimate of drug-likeness (QED) is 0.720. The Labute approximate surface area is 130 Å². The van der Waals surface area contributed by atoms with Gasteiger partial charge in [-0.15, -0.1) is 0 Å². The van der Waals surface area contributed by atoms with Crippen LogP contribution in [0.5, 0.6) is 0 Å². The van der Waals surface area contributed by atoms with Crippen LogP contribution in [0, 0.1) is 0 Å². The van der Waals surface area contributed by atoms with E-state index in [1.54, 1.807) is 18.2 Å². The van der Waals surface area contributed by atoms with Crippen LogP contribution < -0.4 is 5.32 Å². The summed E-state index contributed by atoms with van der Waals surface area (Å²) in [6, 6.07) is 5.29. The maximum absolute atomic E-state index is 11.6. The Morgan fingerprint density at radius 2 is 2.10 bits per heavy atom. The minimum atomic E-state index is -1.97. The average Bonchev–Trinajstić information content (AvgIpc) is 2.37. The first-order chi connectivity index (χ1) is 9.22.